The molecule has 0 radical (unpaired) electrons. The third kappa shape index (κ3) is 4.25. The highest BCUT2D eigenvalue weighted by atomic mass is 35.5. The summed E-state index contributed by atoms with van der Waals surface area (Å²) in [6.07, 6.45) is 0. The molecule has 1 amide bonds. The predicted octanol–water partition coefficient (Wildman–Crippen LogP) is 3.88. The third-order valence-corrected chi connectivity index (χ3v) is 4.34. The van der Waals surface area contributed by atoms with E-state index >= 15 is 0 Å². The van der Waals surface area contributed by atoms with Crippen molar-refractivity contribution in [3.8, 4) is 11.5 Å². The van der Waals surface area contributed by atoms with E-state index in [9.17, 15) is 9.59 Å². The topological polar surface area (TPSA) is 86.1 Å². The van der Waals surface area contributed by atoms with E-state index in [1.54, 1.807) is 54.6 Å². The number of halogens is 1. The summed E-state index contributed by atoms with van der Waals surface area (Å²) in [6.45, 7) is -0.298. The minimum Gasteiger partial charge on any atom is -0.455 e. The Bertz CT molecular complexity index is 1240. The number of amides is 1. The summed E-state index contributed by atoms with van der Waals surface area (Å²) in [5.74, 6) is 0.574. The average Bonchev–Trinajstić information content (AvgIpc) is 2.73. The van der Waals surface area contributed by atoms with Gasteiger partial charge in [-0.05, 0) is 42.5 Å². The Balaban J connectivity index is 1.56. The number of hydrogen-bond acceptors (Lipinski definition) is 5. The molecule has 0 aliphatic heterocycles. The molecule has 0 saturated carbocycles. The molecule has 0 saturated heterocycles. The van der Waals surface area contributed by atoms with E-state index in [1.807, 2.05) is 18.2 Å². The van der Waals surface area contributed by atoms with Gasteiger partial charge in [0, 0.05) is 5.02 Å². The highest BCUT2D eigenvalue weighted by molar-refractivity contribution is 6.31. The van der Waals surface area contributed by atoms with Crippen LogP contribution >= 0.6 is 11.6 Å². The number of para-hydroxylation sites is 1. The normalized spacial score (nSPS) is 10.7. The van der Waals surface area contributed by atoms with Gasteiger partial charge in [0.1, 0.15) is 17.8 Å². The zero-order valence-electron chi connectivity index (χ0n) is 15.1. The SMILES string of the molecule is O=C(Cn1nnc2ccccc2c1=O)Nc1cc(Cl)ccc1Oc1ccccc1. The summed E-state index contributed by atoms with van der Waals surface area (Å²) < 4.78 is 6.84. The molecule has 1 aromatic heterocycles. The van der Waals surface area contributed by atoms with Crippen molar-refractivity contribution in [2.24, 2.45) is 0 Å². The zero-order chi connectivity index (χ0) is 20.2. The van der Waals surface area contributed by atoms with Crippen molar-refractivity contribution >= 4 is 34.1 Å². The first kappa shape index (κ1) is 18.6. The van der Waals surface area contributed by atoms with Gasteiger partial charge in [-0.15, -0.1) is 5.10 Å². The number of benzene rings is 3. The molecule has 4 aromatic rings. The molecule has 0 spiro atoms. The van der Waals surface area contributed by atoms with E-state index in [4.69, 9.17) is 16.3 Å². The first-order valence-electron chi connectivity index (χ1n) is 8.75. The number of fused-ring (bicyclic) bond motifs is 1. The number of carbonyl (C=O) groups is 1. The second-order valence-corrected chi connectivity index (χ2v) is 6.61. The summed E-state index contributed by atoms with van der Waals surface area (Å²) in [7, 11) is 0. The number of rotatable bonds is 5. The molecule has 0 aliphatic rings. The van der Waals surface area contributed by atoms with Crippen LogP contribution in [0.2, 0.25) is 5.02 Å². The molecular formula is C21H15ClN4O3. The summed E-state index contributed by atoms with van der Waals surface area (Å²) in [4.78, 5) is 25.1. The maximum Gasteiger partial charge on any atom is 0.278 e. The molecule has 0 aliphatic carbocycles. The van der Waals surface area contributed by atoms with Gasteiger partial charge >= 0.3 is 0 Å². The van der Waals surface area contributed by atoms with Crippen molar-refractivity contribution < 1.29 is 9.53 Å². The van der Waals surface area contributed by atoms with Crippen LogP contribution in [0.4, 0.5) is 5.69 Å². The Morgan fingerprint density at radius 3 is 2.62 bits per heavy atom. The monoisotopic (exact) mass is 406 g/mol. The fraction of sp³-hybridized carbons (Fsp3) is 0.0476. The van der Waals surface area contributed by atoms with Gasteiger partial charge in [-0.3, -0.25) is 9.59 Å². The largest absolute Gasteiger partial charge is 0.455 e. The Kier molecular flexibility index (Phi) is 5.22. The van der Waals surface area contributed by atoms with Gasteiger partial charge in [0.2, 0.25) is 5.91 Å². The number of anilines is 1. The number of aromatic nitrogens is 3. The van der Waals surface area contributed by atoms with Gasteiger partial charge in [-0.25, -0.2) is 4.68 Å². The van der Waals surface area contributed by atoms with Crippen molar-refractivity contribution in [1.29, 1.82) is 0 Å². The maximum absolute atomic E-state index is 12.5. The molecule has 144 valence electrons. The lowest BCUT2D eigenvalue weighted by Crippen LogP contribution is -2.30. The van der Waals surface area contributed by atoms with E-state index in [2.05, 4.69) is 15.6 Å². The molecule has 29 heavy (non-hydrogen) atoms. The van der Waals surface area contributed by atoms with E-state index in [1.165, 1.54) is 0 Å². The van der Waals surface area contributed by atoms with E-state index < -0.39 is 11.5 Å². The average molecular weight is 407 g/mol. The molecule has 4 rings (SSSR count). The minimum atomic E-state index is -0.461. The zero-order valence-corrected chi connectivity index (χ0v) is 15.8. The second-order valence-electron chi connectivity index (χ2n) is 6.17. The van der Waals surface area contributed by atoms with Crippen LogP contribution < -0.4 is 15.6 Å². The van der Waals surface area contributed by atoms with Crippen LogP contribution in [0.1, 0.15) is 0 Å². The Morgan fingerprint density at radius 2 is 1.79 bits per heavy atom. The molecule has 1 heterocycles. The van der Waals surface area contributed by atoms with E-state index in [-0.39, 0.29) is 6.54 Å². The number of nitrogens with zero attached hydrogens (tertiary/aromatic N) is 3. The molecule has 0 atom stereocenters. The van der Waals surface area contributed by atoms with Crippen molar-refractivity contribution in [2.45, 2.75) is 6.54 Å². The molecule has 0 fully saturated rings. The highest BCUT2D eigenvalue weighted by Crippen LogP contribution is 2.32. The predicted molar refractivity (Wildman–Crippen MR) is 110 cm³/mol. The van der Waals surface area contributed by atoms with Gasteiger partial charge in [-0.1, -0.05) is 47.1 Å². The van der Waals surface area contributed by atoms with Gasteiger partial charge < -0.3 is 10.1 Å². The van der Waals surface area contributed by atoms with Crippen LogP contribution in [-0.4, -0.2) is 20.9 Å². The fourth-order valence-corrected chi connectivity index (χ4v) is 2.93. The number of nitrogens with one attached hydrogen (secondary N) is 1. The smallest absolute Gasteiger partial charge is 0.278 e. The first-order valence-corrected chi connectivity index (χ1v) is 9.13. The quantitative estimate of drug-likeness (QED) is 0.543. The highest BCUT2D eigenvalue weighted by Gasteiger charge is 2.13. The van der Waals surface area contributed by atoms with E-state index in [0.717, 1.165) is 4.68 Å². The lowest BCUT2D eigenvalue weighted by atomic mass is 10.2. The van der Waals surface area contributed by atoms with E-state index in [0.29, 0.717) is 33.1 Å². The molecular weight excluding hydrogens is 392 g/mol. The van der Waals surface area contributed by atoms with Crippen LogP contribution in [0.25, 0.3) is 10.9 Å². The van der Waals surface area contributed by atoms with Crippen LogP contribution in [-0.2, 0) is 11.3 Å². The van der Waals surface area contributed by atoms with Crippen LogP contribution in [0.5, 0.6) is 11.5 Å². The molecule has 0 unspecified atom stereocenters. The Labute approximate surface area is 170 Å². The third-order valence-electron chi connectivity index (χ3n) is 4.11. The van der Waals surface area contributed by atoms with Gasteiger partial charge in [-0.2, -0.15) is 0 Å². The van der Waals surface area contributed by atoms with Gasteiger partial charge in [0.05, 0.1) is 11.1 Å². The maximum atomic E-state index is 12.5. The minimum absolute atomic E-state index is 0.298. The summed E-state index contributed by atoms with van der Waals surface area (Å²) in [5, 5.41) is 11.4. The lowest BCUT2D eigenvalue weighted by Gasteiger charge is -2.13. The molecule has 7 nitrogen and oxygen atoms in total. The summed E-state index contributed by atoms with van der Waals surface area (Å²) in [5.41, 5.74) is 0.466. The fourth-order valence-electron chi connectivity index (χ4n) is 2.76. The summed E-state index contributed by atoms with van der Waals surface area (Å²) >= 11 is 6.07. The lowest BCUT2D eigenvalue weighted by molar-refractivity contribution is -0.117. The number of hydrogen-bond donors (Lipinski definition) is 1. The Morgan fingerprint density at radius 1 is 1.03 bits per heavy atom. The van der Waals surface area contributed by atoms with Gasteiger partial charge in [0.25, 0.3) is 5.56 Å². The molecule has 8 heteroatoms. The molecule has 3 aromatic carbocycles. The Hall–Kier alpha value is -3.71. The molecule has 1 N–H and O–H groups in total. The standard InChI is InChI=1S/C21H15ClN4O3/c22-14-10-11-19(29-15-6-2-1-3-7-15)18(12-14)23-20(27)13-26-21(28)16-8-4-5-9-17(16)24-25-26/h1-12H,13H2,(H,23,27). The van der Waals surface area contributed by atoms with Crippen LogP contribution in [0.15, 0.2) is 77.6 Å². The first-order chi connectivity index (χ1) is 14.1. The van der Waals surface area contributed by atoms with Gasteiger partial charge in [0.15, 0.2) is 5.75 Å². The van der Waals surface area contributed by atoms with Crippen molar-refractivity contribution in [1.82, 2.24) is 15.0 Å². The van der Waals surface area contributed by atoms with Crippen molar-refractivity contribution in [2.75, 3.05) is 5.32 Å². The number of carbonyl (C=O) groups excluding carboxylic acids is 1. The number of ether oxygens (including phenoxy) is 1. The van der Waals surface area contributed by atoms with Crippen LogP contribution in [0.3, 0.4) is 0 Å². The van der Waals surface area contributed by atoms with Crippen molar-refractivity contribution in [3.05, 3.63) is 88.2 Å². The summed E-state index contributed by atoms with van der Waals surface area (Å²) in [6, 6.07) is 20.9. The molecule has 0 bridgehead atoms. The van der Waals surface area contributed by atoms with Crippen LogP contribution in [0, 0.1) is 0 Å². The van der Waals surface area contributed by atoms with Crippen molar-refractivity contribution in [3.63, 3.8) is 0 Å². The second kappa shape index (κ2) is 8.12.